The molecule has 0 aliphatic heterocycles. The van der Waals surface area contributed by atoms with Gasteiger partial charge in [-0.05, 0) is 0 Å². The maximum absolute atomic E-state index is 12.1. The highest BCUT2D eigenvalue weighted by molar-refractivity contribution is 6.33. The summed E-state index contributed by atoms with van der Waals surface area (Å²) in [5, 5.41) is 17.7. The van der Waals surface area contributed by atoms with Gasteiger partial charge in [0.1, 0.15) is 23.3 Å². The van der Waals surface area contributed by atoms with Gasteiger partial charge in [-0.25, -0.2) is 9.97 Å². The fourth-order valence-corrected chi connectivity index (χ4v) is 1.63. The molecule has 0 aliphatic rings. The third kappa shape index (κ3) is 2.75. The van der Waals surface area contributed by atoms with E-state index in [1.165, 1.54) is 12.4 Å². The number of halogens is 1. The number of nitriles is 1. The van der Waals surface area contributed by atoms with Crippen molar-refractivity contribution in [2.75, 3.05) is 5.32 Å². The van der Waals surface area contributed by atoms with E-state index in [4.69, 9.17) is 16.9 Å². The molecule has 1 amide bonds. The highest BCUT2D eigenvalue weighted by Gasteiger charge is 2.17. The van der Waals surface area contributed by atoms with Crippen molar-refractivity contribution in [1.29, 1.82) is 5.26 Å². The Morgan fingerprint density at radius 2 is 2.25 bits per heavy atom. The van der Waals surface area contributed by atoms with Crippen molar-refractivity contribution in [3.63, 3.8) is 0 Å². The SMILES string of the molecule is CC(C)c1ncc(Cl)c(C(=O)Nc2[nH]ncc2C#N)n1. The number of carbonyl (C=O) groups is 1. The minimum atomic E-state index is -0.528. The zero-order chi connectivity index (χ0) is 14.7. The van der Waals surface area contributed by atoms with Crippen molar-refractivity contribution in [3.05, 3.63) is 34.5 Å². The molecule has 2 aromatic rings. The number of hydrogen-bond donors (Lipinski definition) is 2. The van der Waals surface area contributed by atoms with Gasteiger partial charge in [0.15, 0.2) is 5.69 Å². The average Bonchev–Trinajstić information content (AvgIpc) is 2.86. The van der Waals surface area contributed by atoms with Crippen molar-refractivity contribution < 1.29 is 4.79 Å². The molecule has 0 atom stereocenters. The lowest BCUT2D eigenvalue weighted by molar-refractivity contribution is 0.102. The van der Waals surface area contributed by atoms with Crippen LogP contribution in [-0.4, -0.2) is 26.1 Å². The number of H-pyrrole nitrogens is 1. The Morgan fingerprint density at radius 3 is 2.90 bits per heavy atom. The van der Waals surface area contributed by atoms with Gasteiger partial charge in [0.2, 0.25) is 0 Å². The normalized spacial score (nSPS) is 10.3. The number of nitrogens with one attached hydrogen (secondary N) is 2. The molecule has 0 spiro atoms. The Labute approximate surface area is 120 Å². The quantitative estimate of drug-likeness (QED) is 0.900. The van der Waals surface area contributed by atoms with Crippen LogP contribution in [0.4, 0.5) is 5.82 Å². The van der Waals surface area contributed by atoms with Crippen molar-refractivity contribution >= 4 is 23.3 Å². The van der Waals surface area contributed by atoms with Gasteiger partial charge in [0, 0.05) is 5.92 Å². The van der Waals surface area contributed by atoms with Gasteiger partial charge >= 0.3 is 0 Å². The van der Waals surface area contributed by atoms with Crippen molar-refractivity contribution in [1.82, 2.24) is 20.2 Å². The predicted molar refractivity (Wildman–Crippen MR) is 72.4 cm³/mol. The minimum absolute atomic E-state index is 0.0591. The van der Waals surface area contributed by atoms with Gasteiger partial charge in [-0.2, -0.15) is 10.4 Å². The first kappa shape index (κ1) is 14.0. The first-order valence-corrected chi connectivity index (χ1v) is 6.18. The van der Waals surface area contributed by atoms with Crippen LogP contribution >= 0.6 is 11.6 Å². The summed E-state index contributed by atoms with van der Waals surface area (Å²) in [4.78, 5) is 20.3. The van der Waals surface area contributed by atoms with E-state index in [2.05, 4.69) is 25.5 Å². The lowest BCUT2D eigenvalue weighted by atomic mass is 10.2. The maximum atomic E-state index is 12.1. The van der Waals surface area contributed by atoms with Crippen molar-refractivity contribution in [3.8, 4) is 6.07 Å². The monoisotopic (exact) mass is 290 g/mol. The largest absolute Gasteiger partial charge is 0.304 e. The van der Waals surface area contributed by atoms with Gasteiger partial charge in [-0.3, -0.25) is 9.89 Å². The number of amides is 1. The Bertz CT molecular complexity index is 687. The van der Waals surface area contributed by atoms with Crippen molar-refractivity contribution in [2.24, 2.45) is 0 Å². The summed E-state index contributed by atoms with van der Waals surface area (Å²) in [5.41, 5.74) is 0.288. The number of aromatic nitrogens is 4. The molecule has 0 saturated heterocycles. The smallest absolute Gasteiger partial charge is 0.277 e. The van der Waals surface area contributed by atoms with E-state index >= 15 is 0 Å². The summed E-state index contributed by atoms with van der Waals surface area (Å²) < 4.78 is 0. The van der Waals surface area contributed by atoms with E-state index < -0.39 is 5.91 Å². The van der Waals surface area contributed by atoms with Gasteiger partial charge in [0.05, 0.1) is 17.4 Å². The second-order valence-corrected chi connectivity index (χ2v) is 4.71. The van der Waals surface area contributed by atoms with E-state index in [1.54, 1.807) is 0 Å². The topological polar surface area (TPSA) is 107 Å². The molecule has 7 nitrogen and oxygen atoms in total. The van der Waals surface area contributed by atoms with Crippen LogP contribution in [0.1, 0.15) is 41.6 Å². The third-order valence-corrected chi connectivity index (χ3v) is 2.77. The Morgan fingerprint density at radius 1 is 1.50 bits per heavy atom. The lowest BCUT2D eigenvalue weighted by Crippen LogP contribution is -2.17. The molecule has 0 saturated carbocycles. The second-order valence-electron chi connectivity index (χ2n) is 4.30. The van der Waals surface area contributed by atoms with Crippen LogP contribution in [0, 0.1) is 11.3 Å². The van der Waals surface area contributed by atoms with Gasteiger partial charge in [-0.15, -0.1) is 0 Å². The molecule has 2 aromatic heterocycles. The zero-order valence-electron chi connectivity index (χ0n) is 10.8. The summed E-state index contributed by atoms with van der Waals surface area (Å²) in [7, 11) is 0. The Kier molecular flexibility index (Phi) is 3.96. The zero-order valence-corrected chi connectivity index (χ0v) is 11.6. The fourth-order valence-electron chi connectivity index (χ4n) is 1.46. The number of nitrogens with zero attached hydrogens (tertiary/aromatic N) is 4. The van der Waals surface area contributed by atoms with Crippen LogP contribution in [-0.2, 0) is 0 Å². The number of rotatable bonds is 3. The van der Waals surface area contributed by atoms with Crippen molar-refractivity contribution in [2.45, 2.75) is 19.8 Å². The molecular formula is C12H11ClN6O. The molecule has 0 aromatic carbocycles. The molecular weight excluding hydrogens is 280 g/mol. The second kappa shape index (κ2) is 5.67. The average molecular weight is 291 g/mol. The number of anilines is 1. The summed E-state index contributed by atoms with van der Waals surface area (Å²) in [6.45, 7) is 3.82. The van der Waals surface area contributed by atoms with Crippen LogP contribution < -0.4 is 5.32 Å². The molecule has 0 radical (unpaired) electrons. The summed E-state index contributed by atoms with van der Waals surface area (Å²) in [6.07, 6.45) is 2.70. The van der Waals surface area contributed by atoms with Crippen LogP contribution in [0.2, 0.25) is 5.02 Å². The van der Waals surface area contributed by atoms with Crippen LogP contribution in [0.15, 0.2) is 12.4 Å². The summed E-state index contributed by atoms with van der Waals surface area (Å²) in [6, 6.07) is 1.90. The van der Waals surface area contributed by atoms with Gasteiger partial charge in [-0.1, -0.05) is 25.4 Å². The Balaban J connectivity index is 2.30. The molecule has 102 valence electrons. The molecule has 2 rings (SSSR count). The minimum Gasteiger partial charge on any atom is -0.304 e. The molecule has 20 heavy (non-hydrogen) atoms. The van der Waals surface area contributed by atoms with Crippen LogP contribution in [0.25, 0.3) is 0 Å². The number of aromatic amines is 1. The molecule has 0 bridgehead atoms. The van der Waals surface area contributed by atoms with Gasteiger partial charge in [0.25, 0.3) is 5.91 Å². The van der Waals surface area contributed by atoms with E-state index in [0.717, 1.165) is 0 Å². The van der Waals surface area contributed by atoms with E-state index in [1.807, 2.05) is 19.9 Å². The molecule has 8 heteroatoms. The van der Waals surface area contributed by atoms with E-state index in [-0.39, 0.29) is 28.0 Å². The van der Waals surface area contributed by atoms with Crippen LogP contribution in [0.5, 0.6) is 0 Å². The molecule has 0 unspecified atom stereocenters. The van der Waals surface area contributed by atoms with Gasteiger partial charge < -0.3 is 5.32 Å². The van der Waals surface area contributed by atoms with Crippen LogP contribution in [0.3, 0.4) is 0 Å². The maximum Gasteiger partial charge on any atom is 0.277 e. The van der Waals surface area contributed by atoms with E-state index in [0.29, 0.717) is 5.82 Å². The molecule has 2 heterocycles. The van der Waals surface area contributed by atoms with E-state index in [9.17, 15) is 4.79 Å². The standard InChI is InChI=1S/C12H11ClN6O/c1-6(2)10-15-5-8(13)9(17-10)12(20)18-11-7(3-14)4-16-19-11/h4-6H,1-2H3,(H2,16,18,19,20). The Hall–Kier alpha value is -2.46. The first-order chi connectivity index (χ1) is 9.52. The summed E-state index contributed by atoms with van der Waals surface area (Å²) in [5.74, 6) is 0.267. The predicted octanol–water partition coefficient (Wildman–Crippen LogP) is 2.10. The highest BCUT2D eigenvalue weighted by Crippen LogP contribution is 2.18. The highest BCUT2D eigenvalue weighted by atomic mass is 35.5. The third-order valence-electron chi connectivity index (χ3n) is 2.49. The fraction of sp³-hybridized carbons (Fsp3) is 0.250. The molecule has 0 aliphatic carbocycles. The molecule has 2 N–H and O–H groups in total. The first-order valence-electron chi connectivity index (χ1n) is 5.80. The number of hydrogen-bond acceptors (Lipinski definition) is 5. The summed E-state index contributed by atoms with van der Waals surface area (Å²) >= 11 is 5.93. The molecule has 0 fully saturated rings. The lowest BCUT2D eigenvalue weighted by Gasteiger charge is -2.08. The number of carbonyl (C=O) groups excluding carboxylic acids is 1.